The van der Waals surface area contributed by atoms with Crippen molar-refractivity contribution in [1.82, 2.24) is 16.0 Å². The number of rotatable bonds is 8. The lowest BCUT2D eigenvalue weighted by Crippen LogP contribution is -2.41. The highest BCUT2D eigenvalue weighted by atomic mass is 19.4. The molecule has 0 radical (unpaired) electrons. The second-order valence-electron chi connectivity index (χ2n) is 5.99. The third-order valence-electron chi connectivity index (χ3n) is 3.92. The molecule has 0 aromatic heterocycles. The van der Waals surface area contributed by atoms with Gasteiger partial charge in [-0.3, -0.25) is 9.79 Å². The first kappa shape index (κ1) is 22.9. The second kappa shape index (κ2) is 10.9. The smallest absolute Gasteiger partial charge is 0.497 e. The number of carbonyl (C=O) groups is 1. The highest BCUT2D eigenvalue weighted by Crippen LogP contribution is 2.26. The van der Waals surface area contributed by atoms with Crippen LogP contribution in [0.5, 0.6) is 11.5 Å². The van der Waals surface area contributed by atoms with Crippen molar-refractivity contribution in [2.45, 2.75) is 12.9 Å². The molecule has 0 unspecified atom stereocenters. The zero-order valence-corrected chi connectivity index (χ0v) is 16.5. The molecule has 0 saturated heterocycles. The Labute approximate surface area is 172 Å². The fourth-order valence-electron chi connectivity index (χ4n) is 2.48. The number of nitrogens with one attached hydrogen (secondary N) is 3. The molecule has 3 N–H and O–H groups in total. The summed E-state index contributed by atoms with van der Waals surface area (Å²) in [7, 11) is 3.08. The highest BCUT2D eigenvalue weighted by Gasteiger charge is 2.31. The Kier molecular flexibility index (Phi) is 8.33. The maximum absolute atomic E-state index is 12.5. The van der Waals surface area contributed by atoms with E-state index in [0.717, 1.165) is 0 Å². The van der Waals surface area contributed by atoms with Crippen molar-refractivity contribution in [3.63, 3.8) is 0 Å². The van der Waals surface area contributed by atoms with Gasteiger partial charge in [0.1, 0.15) is 11.5 Å². The number of methoxy groups -OCH3 is 1. The van der Waals surface area contributed by atoms with E-state index in [4.69, 9.17) is 4.74 Å². The van der Waals surface area contributed by atoms with Crippen molar-refractivity contribution in [2.24, 2.45) is 4.99 Å². The van der Waals surface area contributed by atoms with Gasteiger partial charge in [-0.15, -0.1) is 13.2 Å². The average Bonchev–Trinajstić information content (AvgIpc) is 2.73. The van der Waals surface area contributed by atoms with Crippen molar-refractivity contribution in [2.75, 3.05) is 27.2 Å². The van der Waals surface area contributed by atoms with E-state index in [-0.39, 0.29) is 18.2 Å². The molecule has 2 rings (SSSR count). The lowest BCUT2D eigenvalue weighted by atomic mass is 10.2. The Balaban J connectivity index is 1.78. The van der Waals surface area contributed by atoms with Crippen LogP contribution in [0.2, 0.25) is 0 Å². The monoisotopic (exact) mass is 424 g/mol. The summed E-state index contributed by atoms with van der Waals surface area (Å²) in [5.41, 5.74) is 0.824. The molecule has 1 amide bonds. The molecule has 0 aliphatic heterocycles. The lowest BCUT2D eigenvalue weighted by molar-refractivity contribution is -0.274. The quantitative estimate of drug-likeness (QED) is 0.345. The summed E-state index contributed by atoms with van der Waals surface area (Å²) >= 11 is 0. The zero-order valence-electron chi connectivity index (χ0n) is 16.5. The molecule has 0 heterocycles. The van der Waals surface area contributed by atoms with E-state index in [2.05, 4.69) is 25.7 Å². The standard InChI is InChI=1S/C20H23F3N4O3/c1-24-19(27-13-15-5-3-4-6-17(15)30-20(21,22)23)26-12-11-25-18(28)14-7-9-16(29-2)10-8-14/h3-10H,11-13H2,1-2H3,(H,25,28)(H2,24,26,27). The lowest BCUT2D eigenvalue weighted by Gasteiger charge is -2.15. The molecule has 30 heavy (non-hydrogen) atoms. The molecule has 2 aromatic rings. The van der Waals surface area contributed by atoms with Gasteiger partial charge in [0.15, 0.2) is 5.96 Å². The third-order valence-corrected chi connectivity index (χ3v) is 3.92. The molecular weight excluding hydrogens is 401 g/mol. The molecule has 162 valence electrons. The van der Waals surface area contributed by atoms with Gasteiger partial charge in [-0.25, -0.2) is 0 Å². The van der Waals surface area contributed by atoms with Crippen LogP contribution in [-0.4, -0.2) is 45.5 Å². The van der Waals surface area contributed by atoms with Gasteiger partial charge in [0, 0.05) is 37.8 Å². The molecule has 0 aliphatic carbocycles. The molecular formula is C20H23F3N4O3. The summed E-state index contributed by atoms with van der Waals surface area (Å²) in [4.78, 5) is 16.1. The normalized spacial score (nSPS) is 11.6. The van der Waals surface area contributed by atoms with Gasteiger partial charge >= 0.3 is 6.36 Å². The Hall–Kier alpha value is -3.43. The van der Waals surface area contributed by atoms with Crippen LogP contribution >= 0.6 is 0 Å². The van der Waals surface area contributed by atoms with Crippen molar-refractivity contribution in [3.05, 3.63) is 59.7 Å². The Morgan fingerprint density at radius 2 is 1.67 bits per heavy atom. The number of guanidine groups is 1. The minimum atomic E-state index is -4.77. The molecule has 7 nitrogen and oxygen atoms in total. The summed E-state index contributed by atoms with van der Waals surface area (Å²) < 4.78 is 46.6. The van der Waals surface area contributed by atoms with Crippen LogP contribution in [0.1, 0.15) is 15.9 Å². The predicted molar refractivity (Wildman–Crippen MR) is 107 cm³/mol. The first-order chi connectivity index (χ1) is 14.3. The molecule has 0 bridgehead atoms. The van der Waals surface area contributed by atoms with Gasteiger partial charge < -0.3 is 25.4 Å². The van der Waals surface area contributed by atoms with Crippen molar-refractivity contribution in [1.29, 1.82) is 0 Å². The van der Waals surface area contributed by atoms with Crippen LogP contribution in [0.25, 0.3) is 0 Å². The molecule has 0 fully saturated rings. The summed E-state index contributed by atoms with van der Waals surface area (Å²) in [5, 5.41) is 8.64. The maximum atomic E-state index is 12.5. The van der Waals surface area contributed by atoms with Crippen LogP contribution in [0, 0.1) is 0 Å². The third kappa shape index (κ3) is 7.53. The van der Waals surface area contributed by atoms with Crippen molar-refractivity contribution < 1.29 is 27.4 Å². The Morgan fingerprint density at radius 1 is 1.00 bits per heavy atom. The van der Waals surface area contributed by atoms with Crippen LogP contribution in [-0.2, 0) is 6.54 Å². The zero-order chi connectivity index (χ0) is 22.0. The number of alkyl halides is 3. The minimum absolute atomic E-state index is 0.0735. The molecule has 0 saturated carbocycles. The fourth-order valence-corrected chi connectivity index (χ4v) is 2.48. The number of hydrogen-bond donors (Lipinski definition) is 3. The van der Waals surface area contributed by atoms with Crippen molar-refractivity contribution >= 4 is 11.9 Å². The van der Waals surface area contributed by atoms with Gasteiger partial charge in [0.2, 0.25) is 0 Å². The first-order valence-electron chi connectivity index (χ1n) is 9.03. The molecule has 2 aromatic carbocycles. The summed E-state index contributed by atoms with van der Waals surface area (Å²) in [6.45, 7) is 0.756. The number of carbonyl (C=O) groups excluding carboxylic acids is 1. The van der Waals surface area contributed by atoms with Crippen LogP contribution in [0.15, 0.2) is 53.5 Å². The number of nitrogens with zero attached hydrogens (tertiary/aromatic N) is 1. The minimum Gasteiger partial charge on any atom is -0.497 e. The van der Waals surface area contributed by atoms with Crippen LogP contribution in [0.4, 0.5) is 13.2 Å². The second-order valence-corrected chi connectivity index (χ2v) is 5.99. The summed E-state index contributed by atoms with van der Waals surface area (Å²) in [6.07, 6.45) is -4.77. The molecule has 0 atom stereocenters. The Morgan fingerprint density at radius 3 is 2.30 bits per heavy atom. The average molecular weight is 424 g/mol. The largest absolute Gasteiger partial charge is 0.573 e. The van der Waals surface area contributed by atoms with Crippen LogP contribution in [0.3, 0.4) is 0 Å². The van der Waals surface area contributed by atoms with E-state index in [9.17, 15) is 18.0 Å². The number of halogens is 3. The van der Waals surface area contributed by atoms with Gasteiger partial charge in [-0.2, -0.15) is 0 Å². The molecule has 0 aliphatic rings. The number of hydrogen-bond acceptors (Lipinski definition) is 4. The van der Waals surface area contributed by atoms with E-state index in [1.165, 1.54) is 25.2 Å². The summed E-state index contributed by atoms with van der Waals surface area (Å²) in [6, 6.07) is 12.5. The fraction of sp³-hybridized carbons (Fsp3) is 0.300. The molecule has 10 heteroatoms. The topological polar surface area (TPSA) is 84.0 Å². The molecule has 0 spiro atoms. The van der Waals surface area contributed by atoms with E-state index in [0.29, 0.717) is 35.9 Å². The van der Waals surface area contributed by atoms with Crippen LogP contribution < -0.4 is 25.4 Å². The van der Waals surface area contributed by atoms with Gasteiger partial charge in [0.25, 0.3) is 5.91 Å². The number of amides is 1. The summed E-state index contributed by atoms with van der Waals surface area (Å²) in [5.74, 6) is 0.515. The van der Waals surface area contributed by atoms with Gasteiger partial charge in [-0.1, -0.05) is 18.2 Å². The number of aliphatic imine (C=N–C) groups is 1. The van der Waals surface area contributed by atoms with E-state index < -0.39 is 6.36 Å². The van der Waals surface area contributed by atoms with E-state index in [1.54, 1.807) is 37.4 Å². The highest BCUT2D eigenvalue weighted by molar-refractivity contribution is 5.94. The van der Waals surface area contributed by atoms with Crippen molar-refractivity contribution in [3.8, 4) is 11.5 Å². The number of para-hydroxylation sites is 1. The maximum Gasteiger partial charge on any atom is 0.573 e. The van der Waals surface area contributed by atoms with Gasteiger partial charge in [0.05, 0.1) is 7.11 Å². The predicted octanol–water partition coefficient (Wildman–Crippen LogP) is 2.69. The Bertz CT molecular complexity index is 855. The first-order valence-corrected chi connectivity index (χ1v) is 9.03. The number of ether oxygens (including phenoxy) is 2. The van der Waals surface area contributed by atoms with Gasteiger partial charge in [-0.05, 0) is 30.3 Å². The van der Waals surface area contributed by atoms with E-state index >= 15 is 0 Å². The van der Waals surface area contributed by atoms with E-state index in [1.807, 2.05) is 0 Å². The SMILES string of the molecule is CN=C(NCCNC(=O)c1ccc(OC)cc1)NCc1ccccc1OC(F)(F)F. The number of benzene rings is 2.